The summed E-state index contributed by atoms with van der Waals surface area (Å²) in [5.74, 6) is 0. The minimum Gasteiger partial charge on any atom is -0.376 e. The topological polar surface area (TPSA) is 64.6 Å². The first kappa shape index (κ1) is 24.6. The van der Waals surface area contributed by atoms with Crippen LogP contribution in [0, 0.1) is 0 Å². The van der Waals surface area contributed by atoms with Gasteiger partial charge in [-0.25, -0.2) is 0 Å². The molecule has 31 heavy (non-hydrogen) atoms. The van der Waals surface area contributed by atoms with Gasteiger partial charge >= 0.3 is 0 Å². The Morgan fingerprint density at radius 1 is 0.742 bits per heavy atom. The van der Waals surface area contributed by atoms with Crippen molar-refractivity contribution in [2.24, 2.45) is 0 Å². The lowest BCUT2D eigenvalue weighted by atomic mass is 10.2. The van der Waals surface area contributed by atoms with Crippen molar-refractivity contribution in [1.82, 2.24) is 0 Å². The van der Waals surface area contributed by atoms with Gasteiger partial charge in [0.15, 0.2) is 12.6 Å². The first-order valence-corrected chi connectivity index (χ1v) is 11.7. The van der Waals surface area contributed by atoms with Gasteiger partial charge in [0.1, 0.15) is 6.10 Å². The molecule has 0 amide bonds. The molecule has 2 aliphatic heterocycles. The van der Waals surface area contributed by atoms with Crippen LogP contribution in [0.25, 0.3) is 0 Å². The van der Waals surface area contributed by atoms with Gasteiger partial charge in [-0.2, -0.15) is 0 Å². The van der Waals surface area contributed by atoms with E-state index in [0.717, 1.165) is 57.3 Å². The Labute approximate surface area is 186 Å². The second kappa shape index (κ2) is 15.7. The molecule has 1 aromatic rings. The zero-order valence-electron chi connectivity index (χ0n) is 18.6. The minimum atomic E-state index is -0.155. The van der Waals surface area contributed by atoms with Gasteiger partial charge in [0.05, 0.1) is 46.2 Å². The molecule has 2 fully saturated rings. The minimum absolute atomic E-state index is 0.0843. The fraction of sp³-hybridized carbons (Fsp3) is 0.750. The summed E-state index contributed by atoms with van der Waals surface area (Å²) < 4.78 is 40.2. The number of benzene rings is 1. The highest BCUT2D eigenvalue weighted by atomic mass is 16.7. The smallest absolute Gasteiger partial charge is 0.157 e. The van der Waals surface area contributed by atoms with E-state index < -0.39 is 0 Å². The van der Waals surface area contributed by atoms with Crippen molar-refractivity contribution in [3.8, 4) is 0 Å². The van der Waals surface area contributed by atoms with E-state index in [-0.39, 0.29) is 18.7 Å². The molecule has 0 aliphatic carbocycles. The number of hydrogen-bond acceptors (Lipinski definition) is 7. The third kappa shape index (κ3) is 10.9. The fourth-order valence-electron chi connectivity index (χ4n) is 3.52. The van der Waals surface area contributed by atoms with Crippen LogP contribution < -0.4 is 0 Å². The molecule has 2 unspecified atom stereocenters. The number of rotatable bonds is 15. The summed E-state index contributed by atoms with van der Waals surface area (Å²) in [6.07, 6.45) is 6.17. The summed E-state index contributed by atoms with van der Waals surface area (Å²) in [7, 11) is 0. The molecular formula is C24H38O7. The monoisotopic (exact) mass is 438 g/mol. The first-order chi connectivity index (χ1) is 15.4. The van der Waals surface area contributed by atoms with E-state index >= 15 is 0 Å². The lowest BCUT2D eigenvalue weighted by Gasteiger charge is -2.23. The Morgan fingerprint density at radius 2 is 1.32 bits per heavy atom. The lowest BCUT2D eigenvalue weighted by molar-refractivity contribution is -0.174. The second-order valence-corrected chi connectivity index (χ2v) is 7.90. The predicted octanol–water partition coefficient (Wildman–Crippen LogP) is 3.69. The van der Waals surface area contributed by atoms with Crippen LogP contribution in [-0.4, -0.2) is 71.5 Å². The second-order valence-electron chi connectivity index (χ2n) is 7.90. The van der Waals surface area contributed by atoms with Crippen molar-refractivity contribution < 1.29 is 33.2 Å². The van der Waals surface area contributed by atoms with Gasteiger partial charge in [0.2, 0.25) is 0 Å². The standard InChI is InChI=1S/C24H38O7/c1-2-8-21(9-3-1)18-31-22(19-25-14-16-29-23-10-4-6-12-27-23)20-26-15-17-30-24-11-5-7-13-28-24/h1-3,8-9,22-24H,4-7,10-20H2. The Balaban J connectivity index is 1.29. The largest absolute Gasteiger partial charge is 0.376 e. The molecule has 0 spiro atoms. The van der Waals surface area contributed by atoms with Gasteiger partial charge in [-0.3, -0.25) is 0 Å². The predicted molar refractivity (Wildman–Crippen MR) is 116 cm³/mol. The molecule has 0 radical (unpaired) electrons. The molecule has 1 aromatic carbocycles. The van der Waals surface area contributed by atoms with E-state index in [1.807, 2.05) is 18.2 Å². The lowest BCUT2D eigenvalue weighted by Crippen LogP contribution is -2.29. The summed E-state index contributed by atoms with van der Waals surface area (Å²) in [6.45, 7) is 5.06. The van der Waals surface area contributed by atoms with Crippen LogP contribution in [0.5, 0.6) is 0 Å². The molecule has 0 N–H and O–H groups in total. The Bertz CT molecular complexity index is 516. The van der Waals surface area contributed by atoms with E-state index in [1.54, 1.807) is 0 Å². The van der Waals surface area contributed by atoms with Crippen LogP contribution in [0.3, 0.4) is 0 Å². The summed E-state index contributed by atoms with van der Waals surface area (Å²) in [5, 5.41) is 0. The molecular weight excluding hydrogens is 400 g/mol. The van der Waals surface area contributed by atoms with E-state index in [4.69, 9.17) is 33.2 Å². The molecule has 2 saturated heterocycles. The van der Waals surface area contributed by atoms with Crippen molar-refractivity contribution in [3.05, 3.63) is 35.9 Å². The summed E-state index contributed by atoms with van der Waals surface area (Å²) in [6, 6.07) is 10.1. The van der Waals surface area contributed by atoms with Gasteiger partial charge in [0, 0.05) is 13.2 Å². The van der Waals surface area contributed by atoms with Crippen molar-refractivity contribution in [2.45, 2.75) is 63.8 Å². The van der Waals surface area contributed by atoms with Crippen molar-refractivity contribution >= 4 is 0 Å². The zero-order chi connectivity index (χ0) is 21.4. The van der Waals surface area contributed by atoms with Crippen molar-refractivity contribution in [3.63, 3.8) is 0 Å². The van der Waals surface area contributed by atoms with Gasteiger partial charge in [0.25, 0.3) is 0 Å². The van der Waals surface area contributed by atoms with E-state index in [0.29, 0.717) is 46.2 Å². The highest BCUT2D eigenvalue weighted by molar-refractivity contribution is 5.13. The molecule has 7 heteroatoms. The average Bonchev–Trinajstić information content (AvgIpc) is 2.83. The molecule has 3 rings (SSSR count). The van der Waals surface area contributed by atoms with Gasteiger partial charge in [-0.15, -0.1) is 0 Å². The number of ether oxygens (including phenoxy) is 7. The molecule has 2 aliphatic rings. The maximum absolute atomic E-state index is 6.04. The quantitative estimate of drug-likeness (QED) is 0.387. The van der Waals surface area contributed by atoms with Crippen molar-refractivity contribution in [1.29, 1.82) is 0 Å². The van der Waals surface area contributed by atoms with Crippen LogP contribution >= 0.6 is 0 Å². The molecule has 7 nitrogen and oxygen atoms in total. The third-order valence-corrected chi connectivity index (χ3v) is 5.27. The highest BCUT2D eigenvalue weighted by Crippen LogP contribution is 2.14. The third-order valence-electron chi connectivity index (χ3n) is 5.27. The van der Waals surface area contributed by atoms with Gasteiger partial charge < -0.3 is 33.2 Å². The Hall–Kier alpha value is -1.06. The molecule has 176 valence electrons. The Kier molecular flexibility index (Phi) is 12.4. The first-order valence-electron chi connectivity index (χ1n) is 11.7. The maximum atomic E-state index is 6.04. The van der Waals surface area contributed by atoms with Crippen LogP contribution in [0.1, 0.15) is 44.1 Å². The van der Waals surface area contributed by atoms with Crippen LogP contribution in [0.15, 0.2) is 30.3 Å². The van der Waals surface area contributed by atoms with Crippen LogP contribution in [0.4, 0.5) is 0 Å². The zero-order valence-corrected chi connectivity index (χ0v) is 18.6. The molecule has 0 saturated carbocycles. The van der Waals surface area contributed by atoms with Crippen LogP contribution in [-0.2, 0) is 39.8 Å². The summed E-state index contributed by atoms with van der Waals surface area (Å²) in [4.78, 5) is 0. The fourth-order valence-corrected chi connectivity index (χ4v) is 3.52. The van der Waals surface area contributed by atoms with Gasteiger partial charge in [-0.1, -0.05) is 30.3 Å². The van der Waals surface area contributed by atoms with E-state index in [2.05, 4.69) is 12.1 Å². The molecule has 0 bridgehead atoms. The Morgan fingerprint density at radius 3 is 1.84 bits per heavy atom. The van der Waals surface area contributed by atoms with Gasteiger partial charge in [-0.05, 0) is 44.1 Å². The summed E-state index contributed by atoms with van der Waals surface area (Å²) >= 11 is 0. The SMILES string of the molecule is c1ccc(COC(COCCOC2CCCCO2)COCCOC2CCCCO2)cc1. The average molecular weight is 439 g/mol. The maximum Gasteiger partial charge on any atom is 0.157 e. The normalized spacial score (nSPS) is 23.0. The molecule has 2 atom stereocenters. The molecule has 0 aromatic heterocycles. The van der Waals surface area contributed by atoms with Crippen LogP contribution in [0.2, 0.25) is 0 Å². The highest BCUT2D eigenvalue weighted by Gasteiger charge is 2.16. The van der Waals surface area contributed by atoms with E-state index in [9.17, 15) is 0 Å². The van der Waals surface area contributed by atoms with Crippen molar-refractivity contribution in [2.75, 3.05) is 52.9 Å². The van der Waals surface area contributed by atoms with E-state index in [1.165, 1.54) is 0 Å². The molecule has 2 heterocycles. The number of hydrogen-bond donors (Lipinski definition) is 0. The summed E-state index contributed by atoms with van der Waals surface area (Å²) in [5.41, 5.74) is 1.13.